The van der Waals surface area contributed by atoms with Crippen LogP contribution in [0.1, 0.15) is 10.4 Å². The Morgan fingerprint density at radius 2 is 2.16 bits per heavy atom. The Morgan fingerprint density at radius 1 is 1.47 bits per heavy atom. The summed E-state index contributed by atoms with van der Waals surface area (Å²) in [7, 11) is 3.86. The molecule has 1 fully saturated rings. The highest BCUT2D eigenvalue weighted by molar-refractivity contribution is 5.94. The first-order valence-electron chi connectivity index (χ1n) is 6.50. The molecule has 1 aliphatic heterocycles. The molecule has 1 aromatic carbocycles. The zero-order valence-corrected chi connectivity index (χ0v) is 11.4. The van der Waals surface area contributed by atoms with Gasteiger partial charge in [-0.1, -0.05) is 0 Å². The largest absolute Gasteiger partial charge is 0.340 e. The summed E-state index contributed by atoms with van der Waals surface area (Å²) in [6.45, 7) is 3.53. The summed E-state index contributed by atoms with van der Waals surface area (Å²) in [4.78, 5) is 16.2. The van der Waals surface area contributed by atoms with Gasteiger partial charge in [0.1, 0.15) is 5.82 Å². The minimum absolute atomic E-state index is 0.0704. The summed E-state index contributed by atoms with van der Waals surface area (Å²) in [5.74, 6) is -0.394. The molecule has 1 saturated heterocycles. The molecule has 1 N–H and O–H groups in total. The van der Waals surface area contributed by atoms with Crippen LogP contribution in [-0.4, -0.2) is 62.0 Å². The van der Waals surface area contributed by atoms with Crippen LogP contribution in [0.2, 0.25) is 0 Å². The van der Waals surface area contributed by atoms with Crippen molar-refractivity contribution in [3.63, 3.8) is 0 Å². The van der Waals surface area contributed by atoms with Gasteiger partial charge < -0.3 is 10.2 Å². The fraction of sp³-hybridized carbons (Fsp3) is 0.500. The third-order valence-corrected chi connectivity index (χ3v) is 3.57. The number of carbonyl (C=O) groups is 1. The highest BCUT2D eigenvalue weighted by Gasteiger charge is 2.22. The first-order valence-corrected chi connectivity index (χ1v) is 6.50. The van der Waals surface area contributed by atoms with Crippen molar-refractivity contribution in [1.29, 1.82) is 0 Å². The third-order valence-electron chi connectivity index (χ3n) is 3.57. The van der Waals surface area contributed by atoms with E-state index in [9.17, 15) is 9.18 Å². The molecule has 0 aromatic heterocycles. The average molecular weight is 265 g/mol. The van der Waals surface area contributed by atoms with Crippen LogP contribution in [0, 0.1) is 5.82 Å². The summed E-state index contributed by atoms with van der Waals surface area (Å²) in [5.41, 5.74) is 0.523. The van der Waals surface area contributed by atoms with E-state index in [1.165, 1.54) is 24.3 Å². The van der Waals surface area contributed by atoms with Crippen LogP contribution >= 0.6 is 0 Å². The Bertz CT molecular complexity index is 435. The Balaban J connectivity index is 1.97. The van der Waals surface area contributed by atoms with Crippen molar-refractivity contribution in [2.24, 2.45) is 0 Å². The van der Waals surface area contributed by atoms with Crippen LogP contribution in [-0.2, 0) is 0 Å². The van der Waals surface area contributed by atoms with Crippen LogP contribution in [0.4, 0.5) is 4.39 Å². The van der Waals surface area contributed by atoms with Crippen molar-refractivity contribution in [1.82, 2.24) is 15.1 Å². The van der Waals surface area contributed by atoms with Crippen LogP contribution in [0.25, 0.3) is 0 Å². The maximum Gasteiger partial charge on any atom is 0.253 e. The second kappa shape index (κ2) is 6.12. The molecule has 2 rings (SSSR count). The van der Waals surface area contributed by atoms with Gasteiger partial charge in [0.15, 0.2) is 0 Å². The summed E-state index contributed by atoms with van der Waals surface area (Å²) in [6.07, 6.45) is 0. The van der Waals surface area contributed by atoms with E-state index < -0.39 is 0 Å². The van der Waals surface area contributed by atoms with Gasteiger partial charge in [0.25, 0.3) is 5.91 Å². The summed E-state index contributed by atoms with van der Waals surface area (Å²) >= 11 is 0. The lowest BCUT2D eigenvalue weighted by atomic mass is 10.1. The number of benzene rings is 1. The second-order valence-electron chi connectivity index (χ2n) is 5.03. The Labute approximate surface area is 113 Å². The first-order chi connectivity index (χ1) is 9.08. The molecule has 5 heteroatoms. The summed E-state index contributed by atoms with van der Waals surface area (Å²) in [5, 5.41) is 3.33. The maximum absolute atomic E-state index is 12.8. The lowest BCUT2D eigenvalue weighted by molar-refractivity contribution is 0.0729. The van der Waals surface area contributed by atoms with Crippen LogP contribution in [0.3, 0.4) is 0 Å². The molecule has 104 valence electrons. The lowest BCUT2D eigenvalue weighted by Crippen LogP contribution is -2.54. The number of hydrogen-bond donors (Lipinski definition) is 1. The molecule has 19 heavy (non-hydrogen) atoms. The van der Waals surface area contributed by atoms with Gasteiger partial charge in [0, 0.05) is 44.8 Å². The Morgan fingerprint density at radius 3 is 2.79 bits per heavy atom. The number of halogens is 1. The number of likely N-dealkylation sites (N-methyl/N-ethyl adjacent to an activating group) is 2. The van der Waals surface area contributed by atoms with Crippen LogP contribution in [0.15, 0.2) is 24.3 Å². The van der Waals surface area contributed by atoms with Gasteiger partial charge in [-0.2, -0.15) is 0 Å². The van der Waals surface area contributed by atoms with E-state index in [0.717, 1.165) is 19.6 Å². The number of carbonyl (C=O) groups excluding carboxylic acids is 1. The SMILES string of the molecule is CN(CC1CNCCN1C)C(=O)c1ccc(F)cc1. The van der Waals surface area contributed by atoms with Crippen molar-refractivity contribution in [2.45, 2.75) is 6.04 Å². The topological polar surface area (TPSA) is 35.6 Å². The van der Waals surface area contributed by atoms with Gasteiger partial charge in [-0.15, -0.1) is 0 Å². The first kappa shape index (κ1) is 14.0. The molecule has 0 aliphatic carbocycles. The average Bonchev–Trinajstić information content (AvgIpc) is 2.41. The van der Waals surface area contributed by atoms with Gasteiger partial charge in [-0.25, -0.2) is 4.39 Å². The molecular formula is C14H20FN3O. The summed E-state index contributed by atoms with van der Waals surface area (Å²) < 4.78 is 12.8. The van der Waals surface area contributed by atoms with E-state index in [4.69, 9.17) is 0 Å². The number of nitrogens with one attached hydrogen (secondary N) is 1. The zero-order chi connectivity index (χ0) is 13.8. The van der Waals surface area contributed by atoms with Gasteiger partial charge >= 0.3 is 0 Å². The lowest BCUT2D eigenvalue weighted by Gasteiger charge is -2.35. The normalized spacial score (nSPS) is 20.3. The monoisotopic (exact) mass is 265 g/mol. The molecule has 0 bridgehead atoms. The molecule has 0 spiro atoms. The quantitative estimate of drug-likeness (QED) is 0.878. The molecule has 1 aliphatic rings. The van der Waals surface area contributed by atoms with E-state index in [0.29, 0.717) is 18.2 Å². The smallest absolute Gasteiger partial charge is 0.253 e. The molecule has 1 unspecified atom stereocenters. The molecule has 0 saturated carbocycles. The van der Waals surface area contributed by atoms with E-state index in [2.05, 4.69) is 17.3 Å². The minimum Gasteiger partial charge on any atom is -0.340 e. The summed E-state index contributed by atoms with van der Waals surface area (Å²) in [6, 6.07) is 6.00. The standard InChI is InChI=1S/C14H20FN3O/c1-17-8-7-16-9-13(17)10-18(2)14(19)11-3-5-12(15)6-4-11/h3-6,13,16H,7-10H2,1-2H3. The third kappa shape index (κ3) is 3.52. The van der Waals surface area contributed by atoms with E-state index >= 15 is 0 Å². The predicted octanol–water partition coefficient (Wildman–Crippen LogP) is 0.801. The number of nitrogens with zero attached hydrogens (tertiary/aromatic N) is 2. The van der Waals surface area contributed by atoms with Gasteiger partial charge in [0.05, 0.1) is 0 Å². The molecule has 1 heterocycles. The van der Waals surface area contributed by atoms with Crippen molar-refractivity contribution < 1.29 is 9.18 Å². The van der Waals surface area contributed by atoms with Crippen molar-refractivity contribution in [2.75, 3.05) is 40.3 Å². The van der Waals surface area contributed by atoms with E-state index in [-0.39, 0.29) is 11.7 Å². The molecule has 1 amide bonds. The number of rotatable bonds is 3. The molecule has 0 radical (unpaired) electrons. The second-order valence-corrected chi connectivity index (χ2v) is 5.03. The van der Waals surface area contributed by atoms with Crippen molar-refractivity contribution in [3.05, 3.63) is 35.6 Å². The molecule has 1 atom stereocenters. The van der Waals surface area contributed by atoms with Crippen LogP contribution < -0.4 is 5.32 Å². The van der Waals surface area contributed by atoms with Gasteiger partial charge in [-0.3, -0.25) is 9.69 Å². The highest BCUT2D eigenvalue weighted by atomic mass is 19.1. The number of amides is 1. The molecular weight excluding hydrogens is 245 g/mol. The molecule has 4 nitrogen and oxygen atoms in total. The zero-order valence-electron chi connectivity index (χ0n) is 11.4. The number of piperazine rings is 1. The van der Waals surface area contributed by atoms with Crippen molar-refractivity contribution in [3.8, 4) is 0 Å². The fourth-order valence-electron chi connectivity index (χ4n) is 2.28. The predicted molar refractivity (Wildman–Crippen MR) is 72.6 cm³/mol. The Kier molecular flexibility index (Phi) is 4.50. The minimum atomic E-state index is -0.324. The van der Waals surface area contributed by atoms with Crippen LogP contribution in [0.5, 0.6) is 0 Å². The molecule has 1 aromatic rings. The Hall–Kier alpha value is -1.46. The van der Waals surface area contributed by atoms with E-state index in [1.807, 2.05) is 0 Å². The highest BCUT2D eigenvalue weighted by Crippen LogP contribution is 2.08. The van der Waals surface area contributed by atoms with Gasteiger partial charge in [-0.05, 0) is 31.3 Å². The van der Waals surface area contributed by atoms with Crippen molar-refractivity contribution >= 4 is 5.91 Å². The number of hydrogen-bond acceptors (Lipinski definition) is 3. The van der Waals surface area contributed by atoms with E-state index in [1.54, 1.807) is 11.9 Å². The van der Waals surface area contributed by atoms with Gasteiger partial charge in [0.2, 0.25) is 0 Å². The maximum atomic E-state index is 12.8. The fourth-order valence-corrected chi connectivity index (χ4v) is 2.28.